The van der Waals surface area contributed by atoms with Crippen LogP contribution in [0.3, 0.4) is 0 Å². The number of amides is 3. The van der Waals surface area contributed by atoms with Crippen LogP contribution in [0.4, 0.5) is 4.79 Å². The summed E-state index contributed by atoms with van der Waals surface area (Å²) in [7, 11) is 0. The van der Waals surface area contributed by atoms with E-state index >= 15 is 0 Å². The molecule has 8 nitrogen and oxygen atoms in total. The van der Waals surface area contributed by atoms with Crippen molar-refractivity contribution < 1.29 is 24.2 Å². The van der Waals surface area contributed by atoms with Crippen molar-refractivity contribution in [3.8, 4) is 12.5 Å². The molecule has 1 aliphatic carbocycles. The summed E-state index contributed by atoms with van der Waals surface area (Å²) in [5.41, 5.74) is 0.657. The average molecular weight is 458 g/mol. The highest BCUT2D eigenvalue weighted by Gasteiger charge is 2.36. The average Bonchev–Trinajstić information content (AvgIpc) is 2.74. The third kappa shape index (κ3) is 7.79. The first-order chi connectivity index (χ1) is 15.6. The van der Waals surface area contributed by atoms with E-state index in [-0.39, 0.29) is 6.04 Å². The highest BCUT2D eigenvalue weighted by molar-refractivity contribution is 5.93. The minimum atomic E-state index is -1.37. The zero-order chi connectivity index (χ0) is 24.6. The number of rotatable bonds is 7. The highest BCUT2D eigenvalue weighted by atomic mass is 16.6. The lowest BCUT2D eigenvalue weighted by molar-refractivity contribution is -0.139. The van der Waals surface area contributed by atoms with Crippen molar-refractivity contribution in [2.45, 2.75) is 83.5 Å². The number of alkyl carbamates (subject to hydrolysis) is 1. The first kappa shape index (κ1) is 26.2. The van der Waals surface area contributed by atoms with Crippen molar-refractivity contribution in [1.29, 1.82) is 0 Å². The predicted octanol–water partition coefficient (Wildman–Crippen LogP) is 2.79. The second kappa shape index (κ2) is 11.7. The number of aryl methyl sites for hydroxylation is 1. The third-order valence-electron chi connectivity index (χ3n) is 5.36. The van der Waals surface area contributed by atoms with E-state index in [1.165, 1.54) is 0 Å². The number of nitrogens with one attached hydrogen (secondary N) is 2. The van der Waals surface area contributed by atoms with Gasteiger partial charge in [0.05, 0.1) is 6.61 Å². The fourth-order valence-corrected chi connectivity index (χ4v) is 3.85. The number of benzene rings is 1. The molecule has 0 heterocycles. The molecule has 2 unspecified atom stereocenters. The Morgan fingerprint density at radius 3 is 2.45 bits per heavy atom. The van der Waals surface area contributed by atoms with Gasteiger partial charge in [0.15, 0.2) is 0 Å². The summed E-state index contributed by atoms with van der Waals surface area (Å²) in [5, 5.41) is 15.2. The molecule has 0 saturated heterocycles. The van der Waals surface area contributed by atoms with E-state index in [2.05, 4.69) is 16.7 Å². The van der Waals surface area contributed by atoms with E-state index in [0.29, 0.717) is 5.56 Å². The number of carbonyl (C=O) groups is 3. The molecule has 0 bridgehead atoms. The molecule has 1 fully saturated rings. The van der Waals surface area contributed by atoms with Gasteiger partial charge in [0.1, 0.15) is 17.7 Å². The zero-order valence-electron chi connectivity index (χ0n) is 19.9. The van der Waals surface area contributed by atoms with Gasteiger partial charge in [-0.05, 0) is 46.1 Å². The molecule has 3 amide bonds. The largest absolute Gasteiger partial charge is 0.444 e. The Bertz CT molecular complexity index is 881. The van der Waals surface area contributed by atoms with Crippen LogP contribution < -0.4 is 10.6 Å². The molecule has 1 aliphatic rings. The second-order valence-electron chi connectivity index (χ2n) is 9.38. The number of terminal acetylenes is 1. The summed E-state index contributed by atoms with van der Waals surface area (Å²) in [6.07, 6.45) is 9.77. The van der Waals surface area contributed by atoms with Crippen molar-refractivity contribution in [3.05, 3.63) is 35.4 Å². The molecule has 33 heavy (non-hydrogen) atoms. The van der Waals surface area contributed by atoms with E-state index in [1.807, 2.05) is 13.0 Å². The normalized spacial score (nSPS) is 16.1. The third-order valence-corrected chi connectivity index (χ3v) is 5.36. The lowest BCUT2D eigenvalue weighted by Gasteiger charge is -2.32. The molecule has 2 atom stereocenters. The Hall–Kier alpha value is -3.05. The summed E-state index contributed by atoms with van der Waals surface area (Å²) < 4.78 is 5.18. The highest BCUT2D eigenvalue weighted by Crippen LogP contribution is 2.25. The maximum Gasteiger partial charge on any atom is 0.408 e. The smallest absolute Gasteiger partial charge is 0.408 e. The topological polar surface area (TPSA) is 108 Å². The van der Waals surface area contributed by atoms with Crippen LogP contribution in [0.1, 0.15) is 70.0 Å². The molecule has 0 aromatic heterocycles. The monoisotopic (exact) mass is 457 g/mol. The number of carbonyl (C=O) groups excluding carboxylic acids is 3. The van der Waals surface area contributed by atoms with Gasteiger partial charge in [-0.25, -0.2) is 4.79 Å². The number of aliphatic hydroxyl groups excluding tert-OH is 1. The van der Waals surface area contributed by atoms with Crippen molar-refractivity contribution in [2.24, 2.45) is 0 Å². The van der Waals surface area contributed by atoms with Gasteiger partial charge in [-0.2, -0.15) is 0 Å². The summed E-state index contributed by atoms with van der Waals surface area (Å²) >= 11 is 0. The van der Waals surface area contributed by atoms with E-state index in [0.717, 1.165) is 42.6 Å². The van der Waals surface area contributed by atoms with Gasteiger partial charge in [0.25, 0.3) is 5.91 Å². The maximum atomic E-state index is 13.4. The fraction of sp³-hybridized carbons (Fsp3) is 0.560. The van der Waals surface area contributed by atoms with Crippen LogP contribution in [0, 0.1) is 19.4 Å². The van der Waals surface area contributed by atoms with Gasteiger partial charge in [-0.3, -0.25) is 14.5 Å². The predicted molar refractivity (Wildman–Crippen MR) is 125 cm³/mol. The molecule has 0 aliphatic heterocycles. The van der Waals surface area contributed by atoms with Gasteiger partial charge < -0.3 is 20.5 Å². The van der Waals surface area contributed by atoms with Crippen LogP contribution in [0.5, 0.6) is 0 Å². The molecule has 3 N–H and O–H groups in total. The molecule has 2 rings (SSSR count). The summed E-state index contributed by atoms with van der Waals surface area (Å²) in [6.45, 7) is 6.21. The zero-order valence-corrected chi connectivity index (χ0v) is 19.9. The van der Waals surface area contributed by atoms with Crippen LogP contribution in [-0.2, 0) is 14.3 Å². The molecule has 8 heteroatoms. The Kier molecular flexibility index (Phi) is 9.30. The van der Waals surface area contributed by atoms with E-state index in [9.17, 15) is 19.5 Å². The minimum absolute atomic E-state index is 0.0156. The maximum absolute atomic E-state index is 13.4. The number of nitrogens with zero attached hydrogens (tertiary/aromatic N) is 1. The van der Waals surface area contributed by atoms with Crippen molar-refractivity contribution in [1.82, 2.24) is 15.5 Å². The Morgan fingerprint density at radius 2 is 1.91 bits per heavy atom. The minimum Gasteiger partial charge on any atom is -0.444 e. The first-order valence-corrected chi connectivity index (χ1v) is 11.3. The molecule has 1 aromatic carbocycles. The van der Waals surface area contributed by atoms with E-state index < -0.39 is 42.2 Å². The van der Waals surface area contributed by atoms with Crippen LogP contribution >= 0.6 is 0 Å². The van der Waals surface area contributed by atoms with Crippen LogP contribution in [0.15, 0.2) is 24.3 Å². The van der Waals surface area contributed by atoms with Gasteiger partial charge >= 0.3 is 6.09 Å². The summed E-state index contributed by atoms with van der Waals surface area (Å²) in [6, 6.07) is 7.01. The van der Waals surface area contributed by atoms with Crippen LogP contribution in [-0.4, -0.2) is 52.2 Å². The van der Waals surface area contributed by atoms with Gasteiger partial charge in [-0.15, -0.1) is 0 Å². The molecule has 180 valence electrons. The van der Waals surface area contributed by atoms with Gasteiger partial charge in [-0.1, -0.05) is 55.5 Å². The van der Waals surface area contributed by atoms with Crippen molar-refractivity contribution >= 4 is 17.9 Å². The van der Waals surface area contributed by atoms with Crippen molar-refractivity contribution in [2.75, 3.05) is 6.61 Å². The lowest BCUT2D eigenvalue weighted by atomic mass is 9.94. The Labute approximate surface area is 196 Å². The molecular formula is C25H35N3O5. The van der Waals surface area contributed by atoms with Crippen LogP contribution in [0.25, 0.3) is 0 Å². The van der Waals surface area contributed by atoms with E-state index in [4.69, 9.17) is 11.2 Å². The van der Waals surface area contributed by atoms with Gasteiger partial charge in [0, 0.05) is 12.1 Å². The Balaban J connectivity index is 2.31. The molecule has 0 radical (unpaired) electrons. The second-order valence-corrected chi connectivity index (χ2v) is 9.38. The first-order valence-electron chi connectivity index (χ1n) is 11.3. The quantitative estimate of drug-likeness (QED) is 0.431. The number of aliphatic hydroxyl groups is 1. The SMILES string of the molecule is C#CN(C(=O)C(CO)NC(=O)OC(C)(C)C)C(C(=O)NC1CCCCC1)c1cccc(C)c1. The number of hydrogen-bond acceptors (Lipinski definition) is 5. The summed E-state index contributed by atoms with van der Waals surface area (Å²) in [4.78, 5) is 39.8. The number of ether oxygens (including phenoxy) is 1. The Morgan fingerprint density at radius 1 is 1.24 bits per heavy atom. The standard InChI is InChI=1S/C25H35N3O5/c1-6-28(23(31)20(16-29)27-24(32)33-25(3,4)5)21(18-12-10-11-17(2)15-18)22(30)26-19-13-8-7-9-14-19/h1,10-12,15,19-21,29H,7-9,13-14,16H2,2-5H3,(H,26,30)(H,27,32). The van der Waals surface area contributed by atoms with Crippen molar-refractivity contribution in [3.63, 3.8) is 0 Å². The van der Waals surface area contributed by atoms with E-state index in [1.54, 1.807) is 39.0 Å². The van der Waals surface area contributed by atoms with Crippen LogP contribution in [0.2, 0.25) is 0 Å². The molecular weight excluding hydrogens is 422 g/mol. The molecule has 0 spiro atoms. The van der Waals surface area contributed by atoms with Gasteiger partial charge in [0.2, 0.25) is 5.91 Å². The summed E-state index contributed by atoms with van der Waals surface area (Å²) in [5.74, 6) is -1.18. The molecule has 1 aromatic rings. The lowest BCUT2D eigenvalue weighted by Crippen LogP contribution is -2.53. The fourth-order valence-electron chi connectivity index (χ4n) is 3.85. The number of hydrogen-bond donors (Lipinski definition) is 3. The molecule has 1 saturated carbocycles.